The number of rotatable bonds is 4. The molecule has 0 aromatic rings. The minimum Gasteiger partial charge on any atom is -0.550 e. The van der Waals surface area contributed by atoms with Gasteiger partial charge in [-0.05, 0) is 44.4 Å². The fourth-order valence-corrected chi connectivity index (χ4v) is 5.40. The fourth-order valence-electron chi connectivity index (χ4n) is 5.40. The van der Waals surface area contributed by atoms with Crippen LogP contribution < -0.4 is 5.11 Å². The summed E-state index contributed by atoms with van der Waals surface area (Å²) < 4.78 is 17.7. The molecule has 8 atom stereocenters. The van der Waals surface area contributed by atoms with Crippen LogP contribution in [0.5, 0.6) is 0 Å². The lowest BCUT2D eigenvalue weighted by Crippen LogP contribution is -2.70. The highest BCUT2D eigenvalue weighted by atomic mass is 17.3. The third-order valence-corrected chi connectivity index (χ3v) is 6.88. The van der Waals surface area contributed by atoms with E-state index in [-0.39, 0.29) is 30.6 Å². The van der Waals surface area contributed by atoms with Crippen LogP contribution >= 0.6 is 0 Å². The molecular weight excluding hydrogens is 356 g/mol. The number of hydrogen-bond acceptors (Lipinski definition) is 8. The van der Waals surface area contributed by atoms with Gasteiger partial charge in [0, 0.05) is 24.2 Å². The van der Waals surface area contributed by atoms with Crippen molar-refractivity contribution >= 4 is 11.9 Å². The van der Waals surface area contributed by atoms with Gasteiger partial charge in [0.25, 0.3) is 0 Å². The van der Waals surface area contributed by atoms with E-state index in [1.54, 1.807) is 0 Å². The molecule has 2 bridgehead atoms. The van der Waals surface area contributed by atoms with Gasteiger partial charge in [0.05, 0.1) is 6.42 Å². The summed E-state index contributed by atoms with van der Waals surface area (Å²) in [7, 11) is 0. The van der Waals surface area contributed by atoms with Gasteiger partial charge in [-0.25, -0.2) is 9.78 Å². The van der Waals surface area contributed by atoms with Crippen LogP contribution in [0.2, 0.25) is 0 Å². The second-order valence-corrected chi connectivity index (χ2v) is 8.64. The Balaban J connectivity index is 1.58. The molecule has 8 heteroatoms. The minimum atomic E-state index is -1.28. The minimum absolute atomic E-state index is 0.0547. The molecule has 0 aromatic carbocycles. The number of carbonyl (C=O) groups excluding carboxylic acids is 2. The van der Waals surface area contributed by atoms with Crippen molar-refractivity contribution in [1.29, 1.82) is 0 Å². The van der Waals surface area contributed by atoms with E-state index in [0.717, 1.165) is 19.3 Å². The van der Waals surface area contributed by atoms with Gasteiger partial charge in [-0.15, -0.1) is 0 Å². The van der Waals surface area contributed by atoms with Crippen molar-refractivity contribution in [3.63, 3.8) is 0 Å². The lowest BCUT2D eigenvalue weighted by molar-refractivity contribution is -0.576. The summed E-state index contributed by atoms with van der Waals surface area (Å²) in [6, 6.07) is 0. The molecule has 8 nitrogen and oxygen atoms in total. The highest BCUT2D eigenvalue weighted by molar-refractivity contribution is 5.75. The molecule has 4 saturated heterocycles. The van der Waals surface area contributed by atoms with Gasteiger partial charge in [-0.2, -0.15) is 0 Å². The summed E-state index contributed by atoms with van der Waals surface area (Å²) in [5.41, 5.74) is -0.707. The Kier molecular flexibility index (Phi) is 4.73. The summed E-state index contributed by atoms with van der Waals surface area (Å²) in [6.07, 6.45) is 1.48. The van der Waals surface area contributed by atoms with Crippen molar-refractivity contribution in [3.05, 3.63) is 0 Å². The molecule has 1 saturated carbocycles. The summed E-state index contributed by atoms with van der Waals surface area (Å²) >= 11 is 0. The van der Waals surface area contributed by atoms with E-state index in [9.17, 15) is 14.7 Å². The predicted octanol–water partition coefficient (Wildman–Crippen LogP) is 1.27. The van der Waals surface area contributed by atoms with Gasteiger partial charge >= 0.3 is 5.97 Å². The molecule has 0 aromatic heterocycles. The quantitative estimate of drug-likeness (QED) is 0.528. The van der Waals surface area contributed by atoms with Crippen molar-refractivity contribution in [2.45, 2.75) is 83.3 Å². The standard InChI is InChI=1S/C19H28O8/c1-10-4-5-13-11(2)16(23-15(22)7-6-14(20)21)24-17-19(13)12(10)8-9-18(3,25-17)26-27-19/h10-13,16-17H,4-9H2,1-3H3,(H,20,21)/p-1/t10-,11-,12?,13+,16?,17-,18?,19-/m1/s1. The number of fused-ring (bicyclic) bond motifs is 2. The van der Waals surface area contributed by atoms with E-state index in [1.807, 2.05) is 13.8 Å². The number of ether oxygens (including phenoxy) is 3. The lowest BCUT2D eigenvalue weighted by Gasteiger charge is -2.59. The summed E-state index contributed by atoms with van der Waals surface area (Å²) in [4.78, 5) is 34.4. The second-order valence-electron chi connectivity index (χ2n) is 8.64. The maximum atomic E-state index is 12.0. The lowest BCUT2D eigenvalue weighted by atomic mass is 9.58. The molecular formula is C19H27O8-. The molecule has 4 heterocycles. The first-order valence-electron chi connectivity index (χ1n) is 9.84. The van der Waals surface area contributed by atoms with E-state index in [2.05, 4.69) is 6.92 Å². The SMILES string of the molecule is C[C@@H]1CC[C@H]2[C@@H](C)C(OC(=O)CCC(=O)[O-])O[C@@H]3OC4(C)CCC1[C@]32OO4. The van der Waals surface area contributed by atoms with Crippen LogP contribution in [-0.2, 0) is 33.6 Å². The zero-order valence-corrected chi connectivity index (χ0v) is 16.0. The number of carboxylic acids is 1. The van der Waals surface area contributed by atoms with Gasteiger partial charge in [0.1, 0.15) is 0 Å². The predicted molar refractivity (Wildman–Crippen MR) is 87.2 cm³/mol. The van der Waals surface area contributed by atoms with E-state index < -0.39 is 35.9 Å². The molecule has 27 heavy (non-hydrogen) atoms. The molecule has 3 unspecified atom stereocenters. The zero-order chi connectivity index (χ0) is 19.4. The number of esters is 1. The van der Waals surface area contributed by atoms with E-state index in [4.69, 9.17) is 24.0 Å². The number of carboxylic acid groups (broad SMARTS) is 1. The summed E-state index contributed by atoms with van der Waals surface area (Å²) in [5, 5.41) is 10.6. The van der Waals surface area contributed by atoms with Gasteiger partial charge in [0.15, 0.2) is 11.9 Å². The molecule has 5 fully saturated rings. The molecule has 0 amide bonds. The van der Waals surface area contributed by atoms with Gasteiger partial charge in [-0.1, -0.05) is 13.8 Å². The van der Waals surface area contributed by atoms with Crippen molar-refractivity contribution in [2.75, 3.05) is 0 Å². The molecule has 0 N–H and O–H groups in total. The molecule has 0 radical (unpaired) electrons. The molecule has 1 spiro atoms. The Bertz CT molecular complexity index is 623. The average Bonchev–Trinajstić information content (AvgIpc) is 2.84. The van der Waals surface area contributed by atoms with Crippen LogP contribution in [0.4, 0.5) is 0 Å². The maximum Gasteiger partial charge on any atom is 0.308 e. The van der Waals surface area contributed by atoms with Crippen LogP contribution in [-0.4, -0.2) is 35.9 Å². The fraction of sp³-hybridized carbons (Fsp3) is 0.895. The first-order valence-corrected chi connectivity index (χ1v) is 9.84. The van der Waals surface area contributed by atoms with Gasteiger partial charge < -0.3 is 24.1 Å². The topological polar surface area (TPSA) is 103 Å². The Morgan fingerprint density at radius 3 is 2.63 bits per heavy atom. The Hall–Kier alpha value is -1.22. The first-order chi connectivity index (χ1) is 12.7. The Labute approximate surface area is 158 Å². The first kappa shape index (κ1) is 19.1. The van der Waals surface area contributed by atoms with Crippen molar-refractivity contribution in [2.24, 2.45) is 23.7 Å². The van der Waals surface area contributed by atoms with E-state index in [1.165, 1.54) is 0 Å². The third-order valence-electron chi connectivity index (χ3n) is 6.88. The van der Waals surface area contributed by atoms with Crippen molar-refractivity contribution in [3.8, 4) is 0 Å². The Morgan fingerprint density at radius 1 is 1.11 bits per heavy atom. The van der Waals surface area contributed by atoms with Crippen LogP contribution in [0.15, 0.2) is 0 Å². The van der Waals surface area contributed by atoms with Crippen LogP contribution in [0, 0.1) is 23.7 Å². The second kappa shape index (κ2) is 6.69. The number of hydrogen-bond donors (Lipinski definition) is 0. The summed E-state index contributed by atoms with van der Waals surface area (Å²) in [5.74, 6) is -2.17. The molecule has 4 aliphatic heterocycles. The highest BCUT2D eigenvalue weighted by Gasteiger charge is 2.69. The molecule has 5 aliphatic rings. The van der Waals surface area contributed by atoms with Crippen LogP contribution in [0.3, 0.4) is 0 Å². The number of carbonyl (C=O) groups is 2. The summed E-state index contributed by atoms with van der Waals surface area (Å²) in [6.45, 7) is 6.04. The molecule has 5 rings (SSSR count). The zero-order valence-electron chi connectivity index (χ0n) is 16.0. The highest BCUT2D eigenvalue weighted by Crippen LogP contribution is 2.60. The largest absolute Gasteiger partial charge is 0.550 e. The van der Waals surface area contributed by atoms with E-state index >= 15 is 0 Å². The van der Waals surface area contributed by atoms with Crippen LogP contribution in [0.1, 0.15) is 59.3 Å². The van der Waals surface area contributed by atoms with Crippen molar-refractivity contribution in [1.82, 2.24) is 0 Å². The van der Waals surface area contributed by atoms with Gasteiger partial charge in [-0.3, -0.25) is 4.79 Å². The Morgan fingerprint density at radius 2 is 1.89 bits per heavy atom. The van der Waals surface area contributed by atoms with Crippen molar-refractivity contribution < 1.29 is 38.7 Å². The average molecular weight is 383 g/mol. The van der Waals surface area contributed by atoms with Crippen LogP contribution in [0.25, 0.3) is 0 Å². The maximum absolute atomic E-state index is 12.0. The number of aliphatic carboxylic acids is 1. The van der Waals surface area contributed by atoms with E-state index in [0.29, 0.717) is 12.3 Å². The molecule has 152 valence electrons. The van der Waals surface area contributed by atoms with Gasteiger partial charge in [0.2, 0.25) is 12.1 Å². The molecule has 1 aliphatic carbocycles. The smallest absolute Gasteiger partial charge is 0.308 e. The monoisotopic (exact) mass is 383 g/mol. The third kappa shape index (κ3) is 3.06. The normalized spacial score (nSPS) is 48.4.